The highest BCUT2D eigenvalue weighted by atomic mass is 19.1. The largest absolute Gasteiger partial charge is 0.390 e. The Morgan fingerprint density at radius 2 is 2.00 bits per heavy atom. The van der Waals surface area contributed by atoms with Gasteiger partial charge in [0.25, 0.3) is 0 Å². The predicted octanol–water partition coefficient (Wildman–Crippen LogP) is 1.85. The van der Waals surface area contributed by atoms with Crippen LogP contribution in [0.15, 0.2) is 24.3 Å². The minimum Gasteiger partial charge on any atom is -0.390 e. The van der Waals surface area contributed by atoms with E-state index in [1.165, 1.54) is 12.1 Å². The standard InChI is InChI=1S/C12H14FN3O/c1-2-3-12-11(8-17)14-15-16(12)10-6-4-9(13)5-7-10/h4-7,17H,2-3,8H2,1H3. The van der Waals surface area contributed by atoms with Crippen LogP contribution in [0.3, 0.4) is 0 Å². The van der Waals surface area contributed by atoms with Gasteiger partial charge < -0.3 is 5.11 Å². The Morgan fingerprint density at radius 1 is 1.29 bits per heavy atom. The van der Waals surface area contributed by atoms with Gasteiger partial charge in [0.15, 0.2) is 0 Å². The molecule has 1 aromatic heterocycles. The summed E-state index contributed by atoms with van der Waals surface area (Å²) in [5, 5.41) is 17.1. The van der Waals surface area contributed by atoms with Crippen LogP contribution < -0.4 is 0 Å². The van der Waals surface area contributed by atoms with E-state index in [0.29, 0.717) is 5.69 Å². The third-order valence-corrected chi connectivity index (χ3v) is 2.55. The third kappa shape index (κ3) is 2.34. The fourth-order valence-electron chi connectivity index (χ4n) is 1.73. The van der Waals surface area contributed by atoms with Gasteiger partial charge >= 0.3 is 0 Å². The Kier molecular flexibility index (Phi) is 3.49. The topological polar surface area (TPSA) is 50.9 Å². The molecule has 90 valence electrons. The number of aliphatic hydroxyl groups is 1. The lowest BCUT2D eigenvalue weighted by molar-refractivity contribution is 0.275. The van der Waals surface area contributed by atoms with Crippen molar-refractivity contribution in [3.05, 3.63) is 41.5 Å². The molecule has 4 nitrogen and oxygen atoms in total. The Hall–Kier alpha value is -1.75. The number of benzene rings is 1. The molecular weight excluding hydrogens is 221 g/mol. The summed E-state index contributed by atoms with van der Waals surface area (Å²) in [7, 11) is 0. The van der Waals surface area contributed by atoms with E-state index in [9.17, 15) is 9.50 Å². The van der Waals surface area contributed by atoms with Crippen LogP contribution in [0.25, 0.3) is 5.69 Å². The highest BCUT2D eigenvalue weighted by Crippen LogP contribution is 2.15. The van der Waals surface area contributed by atoms with Crippen LogP contribution in [0.2, 0.25) is 0 Å². The summed E-state index contributed by atoms with van der Waals surface area (Å²) in [5.41, 5.74) is 2.21. The average Bonchev–Trinajstić information content (AvgIpc) is 2.74. The number of halogens is 1. The van der Waals surface area contributed by atoms with Crippen molar-refractivity contribution >= 4 is 0 Å². The molecule has 2 aromatic rings. The molecule has 0 atom stereocenters. The van der Waals surface area contributed by atoms with Crippen molar-refractivity contribution in [2.75, 3.05) is 0 Å². The molecule has 1 aromatic carbocycles. The van der Waals surface area contributed by atoms with Gasteiger partial charge in [-0.05, 0) is 30.7 Å². The van der Waals surface area contributed by atoms with Crippen LogP contribution >= 0.6 is 0 Å². The fraction of sp³-hybridized carbons (Fsp3) is 0.333. The molecule has 0 saturated heterocycles. The van der Waals surface area contributed by atoms with Gasteiger partial charge in [0.2, 0.25) is 0 Å². The number of aliphatic hydroxyl groups excluding tert-OH is 1. The van der Waals surface area contributed by atoms with Crippen LogP contribution in [0.4, 0.5) is 4.39 Å². The first-order chi connectivity index (χ1) is 8.26. The number of rotatable bonds is 4. The monoisotopic (exact) mass is 235 g/mol. The SMILES string of the molecule is CCCc1c(CO)nnn1-c1ccc(F)cc1. The smallest absolute Gasteiger partial charge is 0.123 e. The summed E-state index contributed by atoms with van der Waals surface area (Å²) < 4.78 is 14.5. The molecule has 0 aliphatic rings. The van der Waals surface area contributed by atoms with E-state index in [1.54, 1.807) is 16.8 Å². The van der Waals surface area contributed by atoms with Crippen molar-refractivity contribution in [1.29, 1.82) is 0 Å². The van der Waals surface area contributed by atoms with E-state index >= 15 is 0 Å². The molecule has 0 bridgehead atoms. The molecule has 0 aliphatic carbocycles. The molecule has 17 heavy (non-hydrogen) atoms. The summed E-state index contributed by atoms with van der Waals surface area (Å²) in [6, 6.07) is 6.05. The second-order valence-corrected chi connectivity index (χ2v) is 3.78. The van der Waals surface area contributed by atoms with Crippen LogP contribution in [-0.2, 0) is 13.0 Å². The molecule has 1 N–H and O–H groups in total. The third-order valence-electron chi connectivity index (χ3n) is 2.55. The van der Waals surface area contributed by atoms with Crippen molar-refractivity contribution in [2.24, 2.45) is 0 Å². The number of aromatic nitrogens is 3. The van der Waals surface area contributed by atoms with Gasteiger partial charge in [0.1, 0.15) is 11.5 Å². The van der Waals surface area contributed by atoms with Crippen molar-refractivity contribution in [2.45, 2.75) is 26.4 Å². The number of nitrogens with zero attached hydrogens (tertiary/aromatic N) is 3. The van der Waals surface area contributed by atoms with E-state index in [2.05, 4.69) is 10.3 Å². The molecule has 0 fully saturated rings. The first-order valence-corrected chi connectivity index (χ1v) is 5.56. The number of hydrogen-bond donors (Lipinski definition) is 1. The molecule has 0 radical (unpaired) electrons. The van der Waals surface area contributed by atoms with Crippen LogP contribution in [0.1, 0.15) is 24.7 Å². The fourth-order valence-corrected chi connectivity index (χ4v) is 1.73. The molecule has 0 saturated carbocycles. The number of hydrogen-bond acceptors (Lipinski definition) is 3. The second-order valence-electron chi connectivity index (χ2n) is 3.78. The maximum absolute atomic E-state index is 12.8. The zero-order valence-electron chi connectivity index (χ0n) is 9.60. The lowest BCUT2D eigenvalue weighted by Gasteiger charge is -2.06. The Labute approximate surface area is 98.7 Å². The van der Waals surface area contributed by atoms with E-state index in [-0.39, 0.29) is 12.4 Å². The van der Waals surface area contributed by atoms with Gasteiger partial charge in [-0.3, -0.25) is 0 Å². The van der Waals surface area contributed by atoms with E-state index in [1.807, 2.05) is 6.92 Å². The Bertz CT molecular complexity index is 493. The summed E-state index contributed by atoms with van der Waals surface area (Å²) in [6.07, 6.45) is 1.71. The van der Waals surface area contributed by atoms with Gasteiger partial charge in [-0.2, -0.15) is 0 Å². The summed E-state index contributed by atoms with van der Waals surface area (Å²) in [5.74, 6) is -0.284. The molecule has 0 amide bonds. The maximum Gasteiger partial charge on any atom is 0.123 e. The summed E-state index contributed by atoms with van der Waals surface area (Å²) in [6.45, 7) is 1.92. The van der Waals surface area contributed by atoms with Gasteiger partial charge in [-0.1, -0.05) is 18.6 Å². The highest BCUT2D eigenvalue weighted by molar-refractivity contribution is 5.33. The predicted molar refractivity (Wildman–Crippen MR) is 61.2 cm³/mol. The molecule has 2 rings (SSSR count). The molecule has 0 aliphatic heterocycles. The molecular formula is C12H14FN3O. The van der Waals surface area contributed by atoms with Crippen LogP contribution in [0, 0.1) is 5.82 Å². The highest BCUT2D eigenvalue weighted by Gasteiger charge is 2.12. The first kappa shape index (κ1) is 11.7. The minimum atomic E-state index is -0.284. The summed E-state index contributed by atoms with van der Waals surface area (Å²) >= 11 is 0. The minimum absolute atomic E-state index is 0.128. The molecule has 5 heteroatoms. The van der Waals surface area contributed by atoms with Crippen molar-refractivity contribution in [3.8, 4) is 5.69 Å². The maximum atomic E-state index is 12.8. The van der Waals surface area contributed by atoms with Gasteiger partial charge in [0.05, 0.1) is 18.0 Å². The zero-order chi connectivity index (χ0) is 12.3. The van der Waals surface area contributed by atoms with Gasteiger partial charge in [-0.15, -0.1) is 5.10 Å². The van der Waals surface area contributed by atoms with Crippen LogP contribution in [-0.4, -0.2) is 20.1 Å². The quantitative estimate of drug-likeness (QED) is 0.879. The van der Waals surface area contributed by atoms with E-state index in [4.69, 9.17) is 0 Å². The Balaban J connectivity index is 2.43. The lowest BCUT2D eigenvalue weighted by atomic mass is 10.2. The zero-order valence-corrected chi connectivity index (χ0v) is 9.60. The van der Waals surface area contributed by atoms with Crippen molar-refractivity contribution in [3.63, 3.8) is 0 Å². The van der Waals surface area contributed by atoms with Crippen LogP contribution in [0.5, 0.6) is 0 Å². The van der Waals surface area contributed by atoms with E-state index in [0.717, 1.165) is 24.2 Å². The molecule has 0 unspecified atom stereocenters. The Morgan fingerprint density at radius 3 is 2.59 bits per heavy atom. The lowest BCUT2D eigenvalue weighted by Crippen LogP contribution is -2.03. The van der Waals surface area contributed by atoms with E-state index < -0.39 is 0 Å². The van der Waals surface area contributed by atoms with Gasteiger partial charge in [0, 0.05) is 0 Å². The first-order valence-electron chi connectivity index (χ1n) is 5.56. The van der Waals surface area contributed by atoms with Gasteiger partial charge in [-0.25, -0.2) is 9.07 Å². The second kappa shape index (κ2) is 5.05. The molecule has 1 heterocycles. The van der Waals surface area contributed by atoms with Crippen molar-refractivity contribution < 1.29 is 9.50 Å². The normalized spacial score (nSPS) is 10.8. The van der Waals surface area contributed by atoms with Crippen molar-refractivity contribution in [1.82, 2.24) is 15.0 Å². The molecule has 0 spiro atoms. The summed E-state index contributed by atoms with van der Waals surface area (Å²) in [4.78, 5) is 0. The average molecular weight is 235 g/mol.